The molecule has 2 aromatic carbocycles. The van der Waals surface area contributed by atoms with Crippen molar-refractivity contribution in [2.45, 2.75) is 13.1 Å². The number of nitrogens with one attached hydrogen (secondary N) is 2. The van der Waals surface area contributed by atoms with E-state index in [1.807, 2.05) is 31.3 Å². The molecule has 25 heavy (non-hydrogen) atoms. The summed E-state index contributed by atoms with van der Waals surface area (Å²) in [6.07, 6.45) is 0. The van der Waals surface area contributed by atoms with Gasteiger partial charge in [-0.25, -0.2) is 0 Å². The van der Waals surface area contributed by atoms with Gasteiger partial charge in [0.2, 0.25) is 6.79 Å². The number of amides is 1. The first kappa shape index (κ1) is 17.9. The quantitative estimate of drug-likeness (QED) is 0.804. The summed E-state index contributed by atoms with van der Waals surface area (Å²) in [5, 5.41) is 4.14. The molecular weight excluding hydrogens is 363 g/mol. The van der Waals surface area contributed by atoms with E-state index in [1.165, 1.54) is 0 Å². The summed E-state index contributed by atoms with van der Waals surface area (Å²) in [6.45, 7) is 1.69. The molecular formula is C18H19Cl2N2O3+. The Morgan fingerprint density at radius 2 is 1.96 bits per heavy atom. The zero-order valence-electron chi connectivity index (χ0n) is 13.8. The normalized spacial score (nSPS) is 13.6. The Hall–Kier alpha value is -1.95. The van der Waals surface area contributed by atoms with Gasteiger partial charge in [0.05, 0.1) is 12.1 Å². The molecule has 0 fully saturated rings. The van der Waals surface area contributed by atoms with Gasteiger partial charge in [-0.1, -0.05) is 35.3 Å². The van der Waals surface area contributed by atoms with Gasteiger partial charge in [0.1, 0.15) is 6.54 Å². The van der Waals surface area contributed by atoms with Crippen LogP contribution in [-0.2, 0) is 17.9 Å². The molecule has 0 aliphatic carbocycles. The minimum Gasteiger partial charge on any atom is -0.454 e. The van der Waals surface area contributed by atoms with Crippen LogP contribution in [0.25, 0.3) is 0 Å². The van der Waals surface area contributed by atoms with Gasteiger partial charge in [0.15, 0.2) is 18.0 Å². The zero-order valence-corrected chi connectivity index (χ0v) is 15.3. The SMILES string of the molecule is C[NH+](CC(=O)NCc1ccc2c(c1)OCO2)Cc1ccc(Cl)cc1Cl. The van der Waals surface area contributed by atoms with Gasteiger partial charge >= 0.3 is 0 Å². The van der Waals surface area contributed by atoms with Crippen molar-refractivity contribution >= 4 is 29.1 Å². The Kier molecular flexibility index (Phi) is 5.68. The number of benzene rings is 2. The molecule has 0 saturated carbocycles. The van der Waals surface area contributed by atoms with Crippen molar-refractivity contribution in [2.75, 3.05) is 20.4 Å². The Bertz CT molecular complexity index is 783. The summed E-state index contributed by atoms with van der Waals surface area (Å²) in [7, 11) is 1.95. The number of likely N-dealkylation sites (N-methyl/N-ethyl adjacent to an activating group) is 1. The lowest BCUT2D eigenvalue weighted by atomic mass is 10.2. The topological polar surface area (TPSA) is 52.0 Å². The smallest absolute Gasteiger partial charge is 0.275 e. The molecule has 2 N–H and O–H groups in total. The van der Waals surface area contributed by atoms with Crippen molar-refractivity contribution < 1.29 is 19.2 Å². The van der Waals surface area contributed by atoms with Gasteiger partial charge in [-0.15, -0.1) is 0 Å². The largest absolute Gasteiger partial charge is 0.454 e. The summed E-state index contributed by atoms with van der Waals surface area (Å²) >= 11 is 12.1. The van der Waals surface area contributed by atoms with Crippen molar-refractivity contribution in [3.63, 3.8) is 0 Å². The second-order valence-electron chi connectivity index (χ2n) is 6.01. The molecule has 1 unspecified atom stereocenters. The number of rotatable bonds is 6. The van der Waals surface area contributed by atoms with Crippen LogP contribution in [0.1, 0.15) is 11.1 Å². The Balaban J connectivity index is 1.48. The van der Waals surface area contributed by atoms with Crippen molar-refractivity contribution in [1.29, 1.82) is 0 Å². The van der Waals surface area contributed by atoms with Crippen molar-refractivity contribution in [3.8, 4) is 11.5 Å². The lowest BCUT2D eigenvalue weighted by Gasteiger charge is -2.15. The maximum Gasteiger partial charge on any atom is 0.275 e. The lowest BCUT2D eigenvalue weighted by molar-refractivity contribution is -0.885. The van der Waals surface area contributed by atoms with Crippen molar-refractivity contribution in [3.05, 3.63) is 57.6 Å². The molecule has 0 bridgehead atoms. The summed E-state index contributed by atoms with van der Waals surface area (Å²) in [5.74, 6) is 1.42. The average molecular weight is 382 g/mol. The van der Waals surface area contributed by atoms with E-state index in [9.17, 15) is 4.79 Å². The first-order chi connectivity index (χ1) is 12.0. The maximum absolute atomic E-state index is 12.1. The first-order valence-electron chi connectivity index (χ1n) is 7.92. The van der Waals surface area contributed by atoms with Crippen LogP contribution in [0.5, 0.6) is 11.5 Å². The molecule has 1 atom stereocenters. The maximum atomic E-state index is 12.1. The van der Waals surface area contributed by atoms with Crippen LogP contribution in [0.3, 0.4) is 0 Å². The van der Waals surface area contributed by atoms with Crippen LogP contribution in [-0.4, -0.2) is 26.3 Å². The fraction of sp³-hybridized carbons (Fsp3) is 0.278. The monoisotopic (exact) mass is 381 g/mol. The zero-order chi connectivity index (χ0) is 17.8. The molecule has 132 valence electrons. The number of hydrogen-bond donors (Lipinski definition) is 2. The minimum atomic E-state index is -0.0275. The summed E-state index contributed by atoms with van der Waals surface area (Å²) < 4.78 is 10.6. The molecule has 0 spiro atoms. The molecule has 0 aromatic heterocycles. The highest BCUT2D eigenvalue weighted by Gasteiger charge is 2.15. The molecule has 0 radical (unpaired) electrons. The van der Waals surface area contributed by atoms with E-state index in [-0.39, 0.29) is 12.7 Å². The molecule has 1 amide bonds. The van der Waals surface area contributed by atoms with Gasteiger partial charge in [-0.3, -0.25) is 4.79 Å². The Morgan fingerprint density at radius 3 is 2.76 bits per heavy atom. The average Bonchev–Trinajstić information content (AvgIpc) is 3.03. The molecule has 2 aromatic rings. The second kappa shape index (κ2) is 7.95. The first-order valence-corrected chi connectivity index (χ1v) is 8.67. The van der Waals surface area contributed by atoms with E-state index in [0.29, 0.717) is 35.4 Å². The molecule has 5 nitrogen and oxygen atoms in total. The summed E-state index contributed by atoms with van der Waals surface area (Å²) in [5.41, 5.74) is 1.93. The highest BCUT2D eigenvalue weighted by Crippen LogP contribution is 2.32. The number of hydrogen-bond acceptors (Lipinski definition) is 3. The van der Waals surface area contributed by atoms with E-state index >= 15 is 0 Å². The number of carbonyl (C=O) groups excluding carboxylic acids is 1. The third-order valence-electron chi connectivity index (χ3n) is 3.90. The van der Waals surface area contributed by atoms with E-state index in [4.69, 9.17) is 32.7 Å². The van der Waals surface area contributed by atoms with Crippen LogP contribution in [0.2, 0.25) is 10.0 Å². The van der Waals surface area contributed by atoms with Crippen LogP contribution >= 0.6 is 23.2 Å². The number of fused-ring (bicyclic) bond motifs is 1. The van der Waals surface area contributed by atoms with Crippen LogP contribution in [0.4, 0.5) is 0 Å². The van der Waals surface area contributed by atoms with Crippen molar-refractivity contribution in [2.24, 2.45) is 0 Å². The minimum absolute atomic E-state index is 0.0275. The van der Waals surface area contributed by atoms with Crippen LogP contribution in [0, 0.1) is 0 Å². The van der Waals surface area contributed by atoms with Gasteiger partial charge in [-0.2, -0.15) is 0 Å². The van der Waals surface area contributed by atoms with E-state index < -0.39 is 0 Å². The summed E-state index contributed by atoms with van der Waals surface area (Å²) in [4.78, 5) is 13.2. The molecule has 0 saturated heterocycles. The van der Waals surface area contributed by atoms with Gasteiger partial charge < -0.3 is 19.7 Å². The fourth-order valence-electron chi connectivity index (χ4n) is 2.64. The van der Waals surface area contributed by atoms with Gasteiger partial charge in [0.25, 0.3) is 5.91 Å². The Morgan fingerprint density at radius 1 is 1.16 bits per heavy atom. The third kappa shape index (κ3) is 4.78. The third-order valence-corrected chi connectivity index (χ3v) is 4.48. The summed E-state index contributed by atoms with van der Waals surface area (Å²) in [6, 6.07) is 11.0. The highest BCUT2D eigenvalue weighted by atomic mass is 35.5. The Labute approximate surface area is 156 Å². The molecule has 3 rings (SSSR count). The number of halogens is 2. The molecule has 1 aliphatic rings. The molecule has 1 heterocycles. The lowest BCUT2D eigenvalue weighted by Crippen LogP contribution is -3.08. The predicted octanol–water partition coefficient (Wildman–Crippen LogP) is 2.05. The molecule has 7 heteroatoms. The number of ether oxygens (including phenoxy) is 2. The van der Waals surface area contributed by atoms with E-state index in [2.05, 4.69) is 5.32 Å². The number of quaternary nitrogens is 1. The predicted molar refractivity (Wildman–Crippen MR) is 96.3 cm³/mol. The van der Waals surface area contributed by atoms with Crippen molar-refractivity contribution in [1.82, 2.24) is 5.32 Å². The van der Waals surface area contributed by atoms with Gasteiger partial charge in [0, 0.05) is 17.1 Å². The fourth-order valence-corrected chi connectivity index (χ4v) is 3.12. The van der Waals surface area contributed by atoms with Gasteiger partial charge in [-0.05, 0) is 29.8 Å². The second-order valence-corrected chi connectivity index (χ2v) is 6.85. The number of carbonyl (C=O) groups is 1. The standard InChI is InChI=1S/C18H18Cl2N2O3/c1-22(9-13-3-4-14(19)7-15(13)20)10-18(23)21-8-12-2-5-16-17(6-12)25-11-24-16/h2-7H,8-11H2,1H3,(H,21,23)/p+1. The van der Waals surface area contributed by atoms with E-state index in [0.717, 1.165) is 21.8 Å². The highest BCUT2D eigenvalue weighted by molar-refractivity contribution is 6.35. The van der Waals surface area contributed by atoms with E-state index in [1.54, 1.807) is 12.1 Å². The van der Waals surface area contributed by atoms with Crippen LogP contribution in [0.15, 0.2) is 36.4 Å². The molecule has 1 aliphatic heterocycles. The van der Waals surface area contributed by atoms with Crippen LogP contribution < -0.4 is 19.7 Å².